The molecule has 1 rings (SSSR count). The second kappa shape index (κ2) is 8.97. The first-order valence-electron chi connectivity index (χ1n) is 6.72. The van der Waals surface area contributed by atoms with Gasteiger partial charge in [0.2, 0.25) is 0 Å². The summed E-state index contributed by atoms with van der Waals surface area (Å²) in [6.07, 6.45) is 5.06. The fourth-order valence-corrected chi connectivity index (χ4v) is 1.93. The molecule has 0 radical (unpaired) electrons. The molecule has 0 aliphatic heterocycles. The van der Waals surface area contributed by atoms with E-state index in [9.17, 15) is 4.79 Å². The summed E-state index contributed by atoms with van der Waals surface area (Å²) < 4.78 is 15.4. The van der Waals surface area contributed by atoms with Gasteiger partial charge in [-0.05, 0) is 5.56 Å². The van der Waals surface area contributed by atoms with Gasteiger partial charge in [0.05, 0.1) is 26.4 Å². The molecular formula is C17H22O4. The van der Waals surface area contributed by atoms with Crippen molar-refractivity contribution >= 4 is 12.0 Å². The average Bonchev–Trinajstić information content (AvgIpc) is 2.53. The highest BCUT2D eigenvalue weighted by Gasteiger charge is 2.20. The number of rotatable bonds is 7. The Hall–Kier alpha value is -2.07. The summed E-state index contributed by atoms with van der Waals surface area (Å²) in [4.78, 5) is 11.3. The van der Waals surface area contributed by atoms with Crippen LogP contribution in [0.4, 0.5) is 0 Å². The van der Waals surface area contributed by atoms with Gasteiger partial charge >= 0.3 is 5.97 Å². The van der Waals surface area contributed by atoms with E-state index < -0.39 is 5.97 Å². The summed E-state index contributed by atoms with van der Waals surface area (Å²) in [6, 6.07) is 9.94. The minimum atomic E-state index is -0.444. The third-order valence-corrected chi connectivity index (χ3v) is 3.19. The lowest BCUT2D eigenvalue weighted by Crippen LogP contribution is -2.21. The van der Waals surface area contributed by atoms with Gasteiger partial charge in [0.25, 0.3) is 0 Å². The van der Waals surface area contributed by atoms with Crippen molar-refractivity contribution in [2.24, 2.45) is 5.92 Å². The standard InChI is InChI=1S/C17H22O4/c1-13(16(20-3)12-17(18)21-4)15(19-2)11-10-14-8-6-5-7-9-14/h5-13,15H,1-4H3/b11-10+,16-12+/t13-,15-/m1/s1. The predicted octanol–water partition coefficient (Wildman–Crippen LogP) is 3.05. The Morgan fingerprint density at radius 3 is 2.29 bits per heavy atom. The Balaban J connectivity index is 2.85. The second-order valence-electron chi connectivity index (χ2n) is 4.53. The summed E-state index contributed by atoms with van der Waals surface area (Å²) in [6.45, 7) is 1.93. The van der Waals surface area contributed by atoms with Gasteiger partial charge in [0, 0.05) is 13.0 Å². The van der Waals surface area contributed by atoms with Crippen LogP contribution in [0.25, 0.3) is 6.08 Å². The molecule has 1 aromatic carbocycles. The van der Waals surface area contributed by atoms with E-state index in [-0.39, 0.29) is 12.0 Å². The van der Waals surface area contributed by atoms with Gasteiger partial charge in [-0.3, -0.25) is 0 Å². The van der Waals surface area contributed by atoms with Crippen LogP contribution in [0.1, 0.15) is 12.5 Å². The monoisotopic (exact) mass is 290 g/mol. The molecule has 0 N–H and O–H groups in total. The number of carbonyl (C=O) groups is 1. The van der Waals surface area contributed by atoms with Crippen molar-refractivity contribution in [3.8, 4) is 0 Å². The molecule has 0 unspecified atom stereocenters. The molecule has 0 saturated carbocycles. The van der Waals surface area contributed by atoms with Gasteiger partial charge in [-0.15, -0.1) is 0 Å². The van der Waals surface area contributed by atoms with Crippen LogP contribution in [-0.4, -0.2) is 33.4 Å². The molecule has 0 heterocycles. The Labute approximate surface area is 126 Å². The van der Waals surface area contributed by atoms with Crippen molar-refractivity contribution in [3.05, 3.63) is 53.8 Å². The van der Waals surface area contributed by atoms with Crippen molar-refractivity contribution < 1.29 is 19.0 Å². The number of methoxy groups -OCH3 is 3. The molecule has 0 fully saturated rings. The summed E-state index contributed by atoms with van der Waals surface area (Å²) in [7, 11) is 4.49. The molecular weight excluding hydrogens is 268 g/mol. The van der Waals surface area contributed by atoms with E-state index in [4.69, 9.17) is 9.47 Å². The van der Waals surface area contributed by atoms with Crippen LogP contribution in [-0.2, 0) is 19.0 Å². The van der Waals surface area contributed by atoms with Gasteiger partial charge in [-0.1, -0.05) is 49.4 Å². The third-order valence-electron chi connectivity index (χ3n) is 3.19. The van der Waals surface area contributed by atoms with Crippen LogP contribution in [0.15, 0.2) is 48.2 Å². The maximum Gasteiger partial charge on any atom is 0.333 e. The Bertz CT molecular complexity index is 491. The summed E-state index contributed by atoms with van der Waals surface area (Å²) in [5, 5.41) is 0. The van der Waals surface area contributed by atoms with E-state index in [1.807, 2.05) is 49.4 Å². The number of hydrogen-bond acceptors (Lipinski definition) is 4. The number of ether oxygens (including phenoxy) is 3. The molecule has 114 valence electrons. The molecule has 0 aromatic heterocycles. The van der Waals surface area contributed by atoms with E-state index in [0.29, 0.717) is 5.76 Å². The quantitative estimate of drug-likeness (QED) is 0.440. The molecule has 2 atom stereocenters. The molecule has 4 heteroatoms. The van der Waals surface area contributed by atoms with Crippen molar-refractivity contribution in [1.29, 1.82) is 0 Å². The average molecular weight is 290 g/mol. The first-order valence-corrected chi connectivity index (χ1v) is 6.72. The van der Waals surface area contributed by atoms with Crippen LogP contribution in [0.2, 0.25) is 0 Å². The van der Waals surface area contributed by atoms with Gasteiger partial charge in [-0.2, -0.15) is 0 Å². The first kappa shape index (κ1) is 17.0. The molecule has 0 amide bonds. The largest absolute Gasteiger partial charge is 0.500 e. The lowest BCUT2D eigenvalue weighted by atomic mass is 10.0. The zero-order valence-corrected chi connectivity index (χ0v) is 12.9. The van der Waals surface area contributed by atoms with Gasteiger partial charge in [0.1, 0.15) is 5.76 Å². The molecule has 0 bridgehead atoms. The SMILES string of the molecule is COC(=O)/C=C(/OC)[C@H](C)[C@@H](/C=C/c1ccccc1)OC. The Kier molecular flexibility index (Phi) is 7.26. The van der Waals surface area contributed by atoms with Gasteiger partial charge < -0.3 is 14.2 Å². The first-order chi connectivity index (χ1) is 10.1. The molecule has 0 spiro atoms. The zero-order chi connectivity index (χ0) is 15.7. The molecule has 0 saturated heterocycles. The van der Waals surface area contributed by atoms with Crippen molar-refractivity contribution in [2.45, 2.75) is 13.0 Å². The summed E-state index contributed by atoms with van der Waals surface area (Å²) >= 11 is 0. The zero-order valence-electron chi connectivity index (χ0n) is 12.9. The number of carbonyl (C=O) groups excluding carboxylic acids is 1. The minimum Gasteiger partial charge on any atom is -0.500 e. The van der Waals surface area contributed by atoms with Gasteiger partial charge in [0.15, 0.2) is 0 Å². The topological polar surface area (TPSA) is 44.8 Å². The Morgan fingerprint density at radius 1 is 1.10 bits per heavy atom. The fourth-order valence-electron chi connectivity index (χ4n) is 1.93. The molecule has 0 aliphatic rings. The number of benzene rings is 1. The van der Waals surface area contributed by atoms with Crippen molar-refractivity contribution in [1.82, 2.24) is 0 Å². The second-order valence-corrected chi connectivity index (χ2v) is 4.53. The predicted molar refractivity (Wildman–Crippen MR) is 82.5 cm³/mol. The maximum absolute atomic E-state index is 11.3. The fraction of sp³-hybridized carbons (Fsp3) is 0.353. The highest BCUT2D eigenvalue weighted by atomic mass is 16.5. The summed E-state index contributed by atoms with van der Waals surface area (Å²) in [5.74, 6) is -0.0361. The normalized spacial score (nSPS) is 14.8. The smallest absolute Gasteiger partial charge is 0.333 e. The molecule has 0 aliphatic carbocycles. The highest BCUT2D eigenvalue weighted by Crippen LogP contribution is 2.20. The van der Waals surface area contributed by atoms with E-state index in [1.165, 1.54) is 20.3 Å². The molecule has 21 heavy (non-hydrogen) atoms. The lowest BCUT2D eigenvalue weighted by Gasteiger charge is -2.21. The van der Waals surface area contributed by atoms with Crippen LogP contribution < -0.4 is 0 Å². The van der Waals surface area contributed by atoms with Crippen LogP contribution >= 0.6 is 0 Å². The minimum absolute atomic E-state index is 0.112. The van der Waals surface area contributed by atoms with Crippen molar-refractivity contribution in [3.63, 3.8) is 0 Å². The van der Waals surface area contributed by atoms with E-state index >= 15 is 0 Å². The van der Waals surface area contributed by atoms with E-state index in [2.05, 4.69) is 4.74 Å². The van der Waals surface area contributed by atoms with Crippen LogP contribution in [0, 0.1) is 5.92 Å². The highest BCUT2D eigenvalue weighted by molar-refractivity contribution is 5.82. The lowest BCUT2D eigenvalue weighted by molar-refractivity contribution is -0.135. The van der Waals surface area contributed by atoms with Crippen LogP contribution in [0.3, 0.4) is 0 Å². The molecule has 4 nitrogen and oxygen atoms in total. The van der Waals surface area contributed by atoms with E-state index in [1.54, 1.807) is 7.11 Å². The van der Waals surface area contributed by atoms with Gasteiger partial charge in [-0.25, -0.2) is 4.79 Å². The summed E-state index contributed by atoms with van der Waals surface area (Å²) in [5.41, 5.74) is 1.09. The van der Waals surface area contributed by atoms with Crippen LogP contribution in [0.5, 0.6) is 0 Å². The van der Waals surface area contributed by atoms with Crippen molar-refractivity contribution in [2.75, 3.05) is 21.3 Å². The maximum atomic E-state index is 11.3. The molecule has 1 aromatic rings. The van der Waals surface area contributed by atoms with E-state index in [0.717, 1.165) is 5.56 Å². The number of hydrogen-bond donors (Lipinski definition) is 0. The number of esters is 1. The third kappa shape index (κ3) is 5.44. The Morgan fingerprint density at radius 2 is 1.76 bits per heavy atom.